The predicted octanol–water partition coefficient (Wildman–Crippen LogP) is 3.26. The highest BCUT2D eigenvalue weighted by atomic mass is 19.4. The monoisotopic (exact) mass is 841 g/mol. The lowest BCUT2D eigenvalue weighted by molar-refractivity contribution is -0.274. The van der Waals surface area contributed by atoms with E-state index in [2.05, 4.69) is 30.7 Å². The van der Waals surface area contributed by atoms with Gasteiger partial charge in [0.15, 0.2) is 0 Å². The van der Waals surface area contributed by atoms with Crippen molar-refractivity contribution in [2.24, 2.45) is 0 Å². The number of ether oxygens (including phenoxy) is 7. The van der Waals surface area contributed by atoms with E-state index in [0.29, 0.717) is 132 Å². The van der Waals surface area contributed by atoms with Gasteiger partial charge in [0.2, 0.25) is 0 Å². The number of nitrogens with zero attached hydrogens (tertiary/aromatic N) is 2. The van der Waals surface area contributed by atoms with Gasteiger partial charge in [0.1, 0.15) is 17.9 Å². The minimum Gasteiger partial charge on any atom is -0.423 e. The second-order valence-corrected chi connectivity index (χ2v) is 12.8. The molecule has 0 atom stereocenters. The second kappa shape index (κ2) is 24.8. The minimum atomic E-state index is -4.78. The number of halogens is 3. The zero-order valence-electron chi connectivity index (χ0n) is 32.7. The molecule has 0 unspecified atom stereocenters. The fraction of sp³-hybridized carbons (Fsp3) is 0.400. The van der Waals surface area contributed by atoms with Crippen LogP contribution in [-0.4, -0.2) is 133 Å². The topological polar surface area (TPSA) is 190 Å². The van der Waals surface area contributed by atoms with Crippen molar-refractivity contribution in [2.45, 2.75) is 13.0 Å². The number of benzene rings is 3. The molecule has 0 spiro atoms. The molecule has 60 heavy (non-hydrogen) atoms. The maximum absolute atomic E-state index is 12.8. The molecule has 3 aromatic carbocycles. The van der Waals surface area contributed by atoms with Crippen LogP contribution in [0.5, 0.6) is 5.75 Å². The Morgan fingerprint density at radius 2 is 1.23 bits per heavy atom. The maximum atomic E-state index is 12.8. The van der Waals surface area contributed by atoms with Crippen LogP contribution in [0.25, 0.3) is 11.3 Å². The molecule has 2 heterocycles. The first-order chi connectivity index (χ1) is 29.1. The zero-order chi connectivity index (χ0) is 42.4. The molecule has 0 radical (unpaired) electrons. The Balaban J connectivity index is 0.798. The summed E-state index contributed by atoms with van der Waals surface area (Å²) in [6.45, 7) is 5.57. The van der Waals surface area contributed by atoms with Crippen LogP contribution < -0.4 is 26.2 Å². The largest absolute Gasteiger partial charge is 0.573 e. The Morgan fingerprint density at radius 3 is 1.80 bits per heavy atom. The Kier molecular flexibility index (Phi) is 19.0. The van der Waals surface area contributed by atoms with E-state index in [-0.39, 0.29) is 24.2 Å². The van der Waals surface area contributed by atoms with Crippen molar-refractivity contribution in [3.63, 3.8) is 0 Å². The van der Waals surface area contributed by atoms with Gasteiger partial charge in [0.25, 0.3) is 11.8 Å². The van der Waals surface area contributed by atoms with Gasteiger partial charge in [-0.2, -0.15) is 0 Å². The summed E-state index contributed by atoms with van der Waals surface area (Å²) < 4.78 is 79.3. The number of carbonyl (C=O) groups excluding carboxylic acids is 2. The molecule has 0 fully saturated rings. The molecular formula is C40H47BF3N5O11. The highest BCUT2D eigenvalue weighted by Crippen LogP contribution is 2.26. The first kappa shape index (κ1) is 45.9. The van der Waals surface area contributed by atoms with Crippen LogP contribution in [0.4, 0.5) is 24.7 Å². The summed E-state index contributed by atoms with van der Waals surface area (Å²) in [6.07, 6.45) is -3.43. The summed E-state index contributed by atoms with van der Waals surface area (Å²) in [5.41, 5.74) is 4.12. The van der Waals surface area contributed by atoms with E-state index in [4.69, 9.17) is 33.1 Å². The van der Waals surface area contributed by atoms with Crippen molar-refractivity contribution in [1.29, 1.82) is 0 Å². The molecule has 1 aliphatic rings. The normalized spacial score (nSPS) is 12.3. The molecule has 0 bridgehead atoms. The number of nitrogens with one attached hydrogen (secondary N) is 3. The number of rotatable bonds is 27. The number of anilines is 2. The van der Waals surface area contributed by atoms with Crippen LogP contribution in [0.1, 0.15) is 26.3 Å². The van der Waals surface area contributed by atoms with Crippen LogP contribution in [0, 0.1) is 0 Å². The van der Waals surface area contributed by atoms with Crippen LogP contribution in [-0.2, 0) is 39.7 Å². The van der Waals surface area contributed by atoms with Gasteiger partial charge in [-0.3, -0.25) is 9.59 Å². The van der Waals surface area contributed by atoms with Gasteiger partial charge in [-0.25, -0.2) is 9.97 Å². The first-order valence-electron chi connectivity index (χ1n) is 19.2. The van der Waals surface area contributed by atoms with Crippen molar-refractivity contribution >= 4 is 35.9 Å². The second-order valence-electron chi connectivity index (χ2n) is 12.8. The smallest absolute Gasteiger partial charge is 0.423 e. The van der Waals surface area contributed by atoms with Gasteiger partial charge in [0, 0.05) is 41.5 Å². The van der Waals surface area contributed by atoms with Gasteiger partial charge in [0.05, 0.1) is 91.6 Å². The predicted molar refractivity (Wildman–Crippen MR) is 212 cm³/mol. The molecule has 322 valence electrons. The molecule has 16 nitrogen and oxygen atoms in total. The Bertz CT molecular complexity index is 1930. The minimum absolute atomic E-state index is 0.217. The third kappa shape index (κ3) is 16.5. The van der Waals surface area contributed by atoms with E-state index in [1.54, 1.807) is 48.5 Å². The SMILES string of the molecule is O=C(NCCOCCOCCOCCOCCOCCOCCNC(=O)c1ccc2c(c1)COB2O)c1cccc(-c2cc(Nc3ccc(OC(F)(F)F)cc3)ncn2)c1. The van der Waals surface area contributed by atoms with E-state index in [9.17, 15) is 27.8 Å². The Hall–Kier alpha value is -5.19. The van der Waals surface area contributed by atoms with Crippen LogP contribution in [0.15, 0.2) is 79.1 Å². The molecule has 4 N–H and O–H groups in total. The number of alkyl halides is 3. The highest BCUT2D eigenvalue weighted by molar-refractivity contribution is 6.61. The molecule has 1 aliphatic heterocycles. The van der Waals surface area contributed by atoms with E-state index in [1.807, 2.05) is 0 Å². The molecule has 5 rings (SSSR count). The number of aromatic nitrogens is 2. The lowest BCUT2D eigenvalue weighted by atomic mass is 9.79. The summed E-state index contributed by atoms with van der Waals surface area (Å²) in [6, 6.07) is 18.9. The number of fused-ring (bicyclic) bond motifs is 1. The van der Waals surface area contributed by atoms with Gasteiger partial charge in [-0.1, -0.05) is 18.2 Å². The van der Waals surface area contributed by atoms with Crippen LogP contribution in [0.2, 0.25) is 0 Å². The summed E-state index contributed by atoms with van der Waals surface area (Å²) in [5, 5.41) is 18.3. The van der Waals surface area contributed by atoms with Gasteiger partial charge < -0.3 is 58.8 Å². The first-order valence-corrected chi connectivity index (χ1v) is 19.2. The van der Waals surface area contributed by atoms with Gasteiger partial charge in [-0.15, -0.1) is 13.2 Å². The van der Waals surface area contributed by atoms with E-state index >= 15 is 0 Å². The lowest BCUT2D eigenvalue weighted by Gasteiger charge is -2.11. The van der Waals surface area contributed by atoms with Crippen molar-refractivity contribution < 1.29 is 65.6 Å². The molecule has 4 aromatic rings. The van der Waals surface area contributed by atoms with Gasteiger partial charge in [-0.05, 0) is 59.6 Å². The summed E-state index contributed by atoms with van der Waals surface area (Å²) in [4.78, 5) is 33.5. The summed E-state index contributed by atoms with van der Waals surface area (Å²) >= 11 is 0. The summed E-state index contributed by atoms with van der Waals surface area (Å²) in [5.74, 6) is -0.435. The number of carbonyl (C=O) groups is 2. The van der Waals surface area contributed by atoms with Crippen molar-refractivity contribution in [3.8, 4) is 17.0 Å². The number of hydrogen-bond donors (Lipinski definition) is 4. The van der Waals surface area contributed by atoms with E-state index in [0.717, 1.165) is 5.56 Å². The summed E-state index contributed by atoms with van der Waals surface area (Å²) in [7, 11) is -0.933. The average molecular weight is 842 g/mol. The third-order valence-corrected chi connectivity index (χ3v) is 8.44. The van der Waals surface area contributed by atoms with Crippen molar-refractivity contribution in [1.82, 2.24) is 20.6 Å². The van der Waals surface area contributed by atoms with E-state index in [1.165, 1.54) is 30.6 Å². The molecule has 0 saturated carbocycles. The molecule has 0 saturated heterocycles. The van der Waals surface area contributed by atoms with Crippen molar-refractivity contribution in [3.05, 3.63) is 95.8 Å². The van der Waals surface area contributed by atoms with Crippen LogP contribution in [0.3, 0.4) is 0 Å². The quantitative estimate of drug-likeness (QED) is 0.0506. The van der Waals surface area contributed by atoms with Crippen LogP contribution >= 0.6 is 0 Å². The average Bonchev–Trinajstić information content (AvgIpc) is 3.62. The lowest BCUT2D eigenvalue weighted by Crippen LogP contribution is -2.30. The van der Waals surface area contributed by atoms with Crippen molar-refractivity contribution in [2.75, 3.05) is 97.7 Å². The fourth-order valence-corrected chi connectivity index (χ4v) is 5.54. The number of amides is 2. The molecule has 2 amide bonds. The molecular weight excluding hydrogens is 794 g/mol. The third-order valence-electron chi connectivity index (χ3n) is 8.44. The molecule has 0 aliphatic carbocycles. The standard InChI is InChI=1S/C40H47BF3N5O11/c42-40(43,44)60-34-7-5-33(6-8-34)49-37-26-36(47-28-48-37)29-2-1-3-30(24-29)38(50)45-10-12-53-14-16-55-18-20-57-22-23-58-21-19-56-17-15-54-13-11-46-39(51)31-4-9-35-32(25-31)27-59-41(35)52/h1-9,24-26,28,52H,10-23,27H2,(H,45,50)(H,46,51)(H,47,48,49). The fourth-order valence-electron chi connectivity index (χ4n) is 5.54. The molecule has 20 heteroatoms. The van der Waals surface area contributed by atoms with Gasteiger partial charge >= 0.3 is 13.5 Å². The highest BCUT2D eigenvalue weighted by Gasteiger charge is 2.31. The zero-order valence-corrected chi connectivity index (χ0v) is 32.7. The number of hydrogen-bond acceptors (Lipinski definition) is 14. The Labute approximate surface area is 345 Å². The molecule has 1 aromatic heterocycles. The maximum Gasteiger partial charge on any atom is 0.573 e. The van der Waals surface area contributed by atoms with E-state index < -0.39 is 13.5 Å². The Morgan fingerprint density at radius 1 is 0.683 bits per heavy atom.